The van der Waals surface area contributed by atoms with Crippen molar-refractivity contribution in [3.63, 3.8) is 0 Å². The minimum Gasteiger partial charge on any atom is -0.493 e. The lowest BCUT2D eigenvalue weighted by Gasteiger charge is -2.26. The number of ether oxygens (including phenoxy) is 4. The molecule has 0 fully saturated rings. The monoisotopic (exact) mass is 692 g/mol. The zero-order chi connectivity index (χ0) is 35.2. The van der Waals surface area contributed by atoms with Gasteiger partial charge in [-0.05, 0) is 55.3 Å². The van der Waals surface area contributed by atoms with E-state index in [-0.39, 0.29) is 23.7 Å². The molecule has 5 aromatic rings. The molecule has 0 bridgehead atoms. The van der Waals surface area contributed by atoms with Gasteiger partial charge in [0.05, 0.1) is 54.8 Å². The summed E-state index contributed by atoms with van der Waals surface area (Å²) in [6.45, 7) is 4.29. The molecule has 3 heterocycles. The second-order valence-corrected chi connectivity index (χ2v) is 12.3. The number of unbranched alkanes of at least 4 members (excludes halogenated alkanes) is 1. The summed E-state index contributed by atoms with van der Waals surface area (Å²) in [4.78, 5) is 45.7. The van der Waals surface area contributed by atoms with Crippen LogP contribution in [0, 0.1) is 0 Å². The number of aromatic nitrogens is 1. The Morgan fingerprint density at radius 2 is 1.64 bits per heavy atom. The van der Waals surface area contributed by atoms with Gasteiger partial charge < -0.3 is 23.4 Å². The molecule has 0 saturated heterocycles. The fourth-order valence-electron chi connectivity index (χ4n) is 5.66. The Labute approximate surface area is 292 Å². The Bertz CT molecular complexity index is 2230. The summed E-state index contributed by atoms with van der Waals surface area (Å²) in [6.07, 6.45) is 3.42. The highest BCUT2D eigenvalue weighted by Crippen LogP contribution is 2.38. The fraction of sp³-hybridized carbons (Fsp3) is 0.231. The van der Waals surface area contributed by atoms with E-state index < -0.39 is 12.0 Å². The molecular formula is C39H36N2O8S. The maximum Gasteiger partial charge on any atom is 0.338 e. The van der Waals surface area contributed by atoms with E-state index in [1.165, 1.54) is 23.0 Å². The first-order valence-corrected chi connectivity index (χ1v) is 17.1. The molecule has 3 aromatic carbocycles. The fourth-order valence-corrected chi connectivity index (χ4v) is 6.64. The van der Waals surface area contributed by atoms with E-state index in [2.05, 4.69) is 0 Å². The molecule has 0 radical (unpaired) electrons. The number of nitrogens with zero attached hydrogens (tertiary/aromatic N) is 2. The molecule has 256 valence electrons. The van der Waals surface area contributed by atoms with Gasteiger partial charge in [-0.2, -0.15) is 0 Å². The van der Waals surface area contributed by atoms with Gasteiger partial charge >= 0.3 is 11.9 Å². The average molecular weight is 693 g/mol. The number of carbonyl (C=O) groups excluding carboxylic acids is 2. The Morgan fingerprint density at radius 3 is 2.34 bits per heavy atom. The highest BCUT2D eigenvalue weighted by molar-refractivity contribution is 7.07. The van der Waals surface area contributed by atoms with Crippen molar-refractivity contribution in [1.29, 1.82) is 0 Å². The van der Waals surface area contributed by atoms with Crippen LogP contribution in [-0.2, 0) is 14.3 Å². The minimum absolute atomic E-state index is 0.139. The Kier molecular flexibility index (Phi) is 10.4. The third kappa shape index (κ3) is 6.90. The van der Waals surface area contributed by atoms with Crippen LogP contribution in [0.2, 0.25) is 0 Å². The van der Waals surface area contributed by atoms with Crippen LogP contribution in [0.15, 0.2) is 105 Å². The number of benzene rings is 3. The maximum atomic E-state index is 14.3. The predicted octanol–water partition coefficient (Wildman–Crippen LogP) is 6.17. The number of thiazole rings is 1. The molecule has 0 N–H and O–H groups in total. The summed E-state index contributed by atoms with van der Waals surface area (Å²) in [5.74, 6) is 1.01. The van der Waals surface area contributed by atoms with Crippen molar-refractivity contribution in [2.75, 3.05) is 27.4 Å². The molecule has 50 heavy (non-hydrogen) atoms. The molecule has 6 rings (SSSR count). The van der Waals surface area contributed by atoms with Crippen LogP contribution >= 0.6 is 11.3 Å². The first-order valence-electron chi connectivity index (χ1n) is 16.2. The number of furan rings is 1. The lowest BCUT2D eigenvalue weighted by molar-refractivity contribution is -0.138. The van der Waals surface area contributed by atoms with Gasteiger partial charge in [0.1, 0.15) is 11.5 Å². The summed E-state index contributed by atoms with van der Waals surface area (Å²) >= 11 is 1.19. The van der Waals surface area contributed by atoms with Gasteiger partial charge in [-0.1, -0.05) is 73.2 Å². The molecule has 0 aliphatic carbocycles. The minimum atomic E-state index is -0.887. The highest BCUT2D eigenvalue weighted by Gasteiger charge is 2.35. The molecule has 11 heteroatoms. The van der Waals surface area contributed by atoms with Crippen molar-refractivity contribution < 1.29 is 33.0 Å². The van der Waals surface area contributed by atoms with Crippen LogP contribution < -0.4 is 24.4 Å². The van der Waals surface area contributed by atoms with Crippen molar-refractivity contribution in [1.82, 2.24) is 4.57 Å². The smallest absolute Gasteiger partial charge is 0.338 e. The number of hydrogen-bond donors (Lipinski definition) is 0. The lowest BCUT2D eigenvalue weighted by atomic mass is 9.93. The van der Waals surface area contributed by atoms with Crippen molar-refractivity contribution in [3.05, 3.63) is 133 Å². The SMILES string of the molecule is CCCCOC(=O)c1ccc(-c2ccc(/C=c3\sc4n(c3=O)[C@@H](c3ccc(OC)c(OC)c3)C(C(=O)OCC)=C(c3ccccc3)N=4)o2)cc1. The van der Waals surface area contributed by atoms with Crippen LogP contribution in [0.5, 0.6) is 11.5 Å². The van der Waals surface area contributed by atoms with Gasteiger partial charge in [-0.3, -0.25) is 9.36 Å². The molecule has 0 unspecified atom stereocenters. The second kappa shape index (κ2) is 15.3. The number of carbonyl (C=O) groups is 2. The molecule has 1 aliphatic heterocycles. The first-order chi connectivity index (χ1) is 24.4. The van der Waals surface area contributed by atoms with Crippen molar-refractivity contribution in [2.45, 2.75) is 32.7 Å². The van der Waals surface area contributed by atoms with Crippen LogP contribution in [0.25, 0.3) is 23.1 Å². The van der Waals surface area contributed by atoms with Gasteiger partial charge in [0, 0.05) is 17.2 Å². The Morgan fingerprint density at radius 1 is 0.880 bits per heavy atom. The molecule has 1 aliphatic rings. The van der Waals surface area contributed by atoms with Gasteiger partial charge in [0.25, 0.3) is 5.56 Å². The number of hydrogen-bond acceptors (Lipinski definition) is 10. The molecule has 0 amide bonds. The van der Waals surface area contributed by atoms with Crippen LogP contribution in [-0.4, -0.2) is 43.9 Å². The van der Waals surface area contributed by atoms with E-state index in [9.17, 15) is 14.4 Å². The Balaban J connectivity index is 1.45. The van der Waals surface area contributed by atoms with E-state index >= 15 is 0 Å². The lowest BCUT2D eigenvalue weighted by Crippen LogP contribution is -2.40. The summed E-state index contributed by atoms with van der Waals surface area (Å²) in [7, 11) is 3.07. The number of esters is 2. The zero-order valence-corrected chi connectivity index (χ0v) is 29.0. The molecule has 0 spiro atoms. The van der Waals surface area contributed by atoms with E-state index in [0.717, 1.165) is 18.4 Å². The molecule has 1 atom stereocenters. The topological polar surface area (TPSA) is 119 Å². The molecule has 0 saturated carbocycles. The third-order valence-corrected chi connectivity index (χ3v) is 9.12. The number of methoxy groups -OCH3 is 2. The van der Waals surface area contributed by atoms with Crippen LogP contribution in [0.4, 0.5) is 0 Å². The van der Waals surface area contributed by atoms with Crippen molar-refractivity contribution in [3.8, 4) is 22.8 Å². The molecule has 10 nitrogen and oxygen atoms in total. The largest absolute Gasteiger partial charge is 0.493 e. The van der Waals surface area contributed by atoms with Gasteiger partial charge in [-0.25, -0.2) is 14.6 Å². The second-order valence-electron chi connectivity index (χ2n) is 11.3. The number of rotatable bonds is 12. The summed E-state index contributed by atoms with van der Waals surface area (Å²) < 4.78 is 29.9. The van der Waals surface area contributed by atoms with Crippen molar-refractivity contribution in [2.24, 2.45) is 4.99 Å². The summed E-state index contributed by atoms with van der Waals surface area (Å²) in [6, 6.07) is 24.3. The summed E-state index contributed by atoms with van der Waals surface area (Å²) in [5.41, 5.74) is 2.81. The zero-order valence-electron chi connectivity index (χ0n) is 28.1. The van der Waals surface area contributed by atoms with Crippen LogP contribution in [0.3, 0.4) is 0 Å². The Hall–Kier alpha value is -5.68. The number of fused-ring (bicyclic) bond motifs is 1. The first kappa shape index (κ1) is 34.2. The highest BCUT2D eigenvalue weighted by atomic mass is 32.1. The van der Waals surface area contributed by atoms with E-state index in [1.54, 1.807) is 74.7 Å². The maximum absolute atomic E-state index is 14.3. The summed E-state index contributed by atoms with van der Waals surface area (Å²) in [5, 5.41) is 0. The molecule has 2 aromatic heterocycles. The van der Waals surface area contributed by atoms with Gasteiger partial charge in [0.15, 0.2) is 16.3 Å². The molecular weight excluding hydrogens is 657 g/mol. The van der Waals surface area contributed by atoms with Gasteiger partial charge in [0.2, 0.25) is 0 Å². The van der Waals surface area contributed by atoms with Crippen molar-refractivity contribution >= 4 is 35.0 Å². The third-order valence-electron chi connectivity index (χ3n) is 8.13. The van der Waals surface area contributed by atoms with Crippen LogP contribution in [0.1, 0.15) is 60.0 Å². The van der Waals surface area contributed by atoms with Gasteiger partial charge in [-0.15, -0.1) is 0 Å². The van der Waals surface area contributed by atoms with E-state index in [0.29, 0.717) is 61.3 Å². The van der Waals surface area contributed by atoms with E-state index in [1.807, 2.05) is 37.3 Å². The van der Waals surface area contributed by atoms with E-state index in [4.69, 9.17) is 28.4 Å². The quantitative estimate of drug-likeness (QED) is 0.113. The normalized spacial score (nSPS) is 14.2. The average Bonchev–Trinajstić information content (AvgIpc) is 3.74. The standard InChI is InChI=1S/C39H36N2O8S/c1-5-7-21-48-37(43)26-15-13-24(14-16-26)29-20-18-28(49-29)23-32-36(42)41-35(27-17-19-30(45-3)31(22-27)46-4)33(38(44)47-6-2)34(40-39(41)50-32)25-11-9-8-10-12-25/h8-20,22-23,35H,5-7,21H2,1-4H3/b32-23-/t35-/m0/s1. The predicted molar refractivity (Wildman–Crippen MR) is 190 cm³/mol.